The Labute approximate surface area is 148 Å². The SMILES string of the molecule is Cc1ccc(-n2nnnc2/C=C/Nc2cc(Cl)ccc2C(=O)O)cc1. The number of anilines is 1. The number of carboxylic acid groups (broad SMARTS) is 1. The van der Waals surface area contributed by atoms with E-state index in [1.165, 1.54) is 18.2 Å². The van der Waals surface area contributed by atoms with Crippen LogP contribution in [-0.4, -0.2) is 31.3 Å². The monoisotopic (exact) mass is 355 g/mol. The summed E-state index contributed by atoms with van der Waals surface area (Å²) in [5.74, 6) is -0.549. The van der Waals surface area contributed by atoms with Crippen LogP contribution in [-0.2, 0) is 0 Å². The van der Waals surface area contributed by atoms with Gasteiger partial charge in [-0.15, -0.1) is 5.10 Å². The van der Waals surface area contributed by atoms with E-state index in [2.05, 4.69) is 20.8 Å². The molecule has 1 heterocycles. The van der Waals surface area contributed by atoms with Crippen molar-refractivity contribution in [3.8, 4) is 5.69 Å². The summed E-state index contributed by atoms with van der Waals surface area (Å²) in [5, 5.41) is 24.1. The number of hydrogen-bond acceptors (Lipinski definition) is 5. The van der Waals surface area contributed by atoms with Crippen molar-refractivity contribution >= 4 is 29.3 Å². The summed E-state index contributed by atoms with van der Waals surface area (Å²) < 4.78 is 1.58. The van der Waals surface area contributed by atoms with E-state index in [4.69, 9.17) is 11.6 Å². The number of nitrogens with one attached hydrogen (secondary N) is 1. The normalized spacial score (nSPS) is 11.0. The molecule has 0 saturated carbocycles. The number of halogens is 1. The summed E-state index contributed by atoms with van der Waals surface area (Å²) in [5.41, 5.74) is 2.46. The minimum atomic E-state index is -1.04. The van der Waals surface area contributed by atoms with Crippen molar-refractivity contribution in [2.75, 3.05) is 5.32 Å². The number of carbonyl (C=O) groups is 1. The first-order valence-corrected chi connectivity index (χ1v) is 7.74. The molecule has 0 amide bonds. The molecule has 8 heteroatoms. The Morgan fingerprint density at radius 1 is 1.24 bits per heavy atom. The van der Waals surface area contributed by atoms with Crippen molar-refractivity contribution in [1.82, 2.24) is 20.2 Å². The molecule has 0 saturated heterocycles. The number of aromatic carboxylic acids is 1. The van der Waals surface area contributed by atoms with Crippen molar-refractivity contribution in [1.29, 1.82) is 0 Å². The molecule has 0 unspecified atom stereocenters. The Bertz CT molecular complexity index is 934. The van der Waals surface area contributed by atoms with Crippen molar-refractivity contribution in [3.05, 3.63) is 70.6 Å². The number of aryl methyl sites for hydroxylation is 1. The molecule has 0 fully saturated rings. The molecule has 0 aliphatic carbocycles. The van der Waals surface area contributed by atoms with Gasteiger partial charge in [-0.1, -0.05) is 29.3 Å². The van der Waals surface area contributed by atoms with Crippen LogP contribution in [0.3, 0.4) is 0 Å². The lowest BCUT2D eigenvalue weighted by atomic mass is 10.2. The Morgan fingerprint density at radius 2 is 2.00 bits per heavy atom. The fourth-order valence-electron chi connectivity index (χ4n) is 2.20. The topological polar surface area (TPSA) is 92.9 Å². The third-order valence-electron chi connectivity index (χ3n) is 3.46. The van der Waals surface area contributed by atoms with Crippen LogP contribution < -0.4 is 5.32 Å². The van der Waals surface area contributed by atoms with Gasteiger partial charge in [0.1, 0.15) is 0 Å². The lowest BCUT2D eigenvalue weighted by molar-refractivity contribution is 0.0698. The highest BCUT2D eigenvalue weighted by atomic mass is 35.5. The molecule has 3 aromatic rings. The van der Waals surface area contributed by atoms with E-state index in [-0.39, 0.29) is 5.56 Å². The van der Waals surface area contributed by atoms with Gasteiger partial charge in [0.25, 0.3) is 0 Å². The second-order valence-electron chi connectivity index (χ2n) is 5.26. The van der Waals surface area contributed by atoms with Gasteiger partial charge in [0, 0.05) is 17.3 Å². The Kier molecular flexibility index (Phi) is 4.76. The zero-order chi connectivity index (χ0) is 17.8. The summed E-state index contributed by atoms with van der Waals surface area (Å²) >= 11 is 5.92. The Hall–Kier alpha value is -3.19. The van der Waals surface area contributed by atoms with Crippen molar-refractivity contribution < 1.29 is 9.90 Å². The average molecular weight is 356 g/mol. The van der Waals surface area contributed by atoms with Gasteiger partial charge < -0.3 is 10.4 Å². The molecule has 3 rings (SSSR count). The maximum absolute atomic E-state index is 11.2. The summed E-state index contributed by atoms with van der Waals surface area (Å²) in [4.78, 5) is 11.2. The third-order valence-corrected chi connectivity index (χ3v) is 3.69. The molecule has 0 aliphatic heterocycles. The van der Waals surface area contributed by atoms with Gasteiger partial charge in [-0.25, -0.2) is 4.79 Å². The van der Waals surface area contributed by atoms with E-state index in [1.54, 1.807) is 17.0 Å². The average Bonchev–Trinajstić information content (AvgIpc) is 3.04. The molecule has 0 bridgehead atoms. The second kappa shape index (κ2) is 7.14. The van der Waals surface area contributed by atoms with Crippen LogP contribution in [0.1, 0.15) is 21.7 Å². The Morgan fingerprint density at radius 3 is 2.72 bits per heavy atom. The molecule has 7 nitrogen and oxygen atoms in total. The van der Waals surface area contributed by atoms with E-state index in [0.717, 1.165) is 11.3 Å². The lowest BCUT2D eigenvalue weighted by Crippen LogP contribution is -2.02. The number of nitrogens with zero attached hydrogens (tertiary/aromatic N) is 4. The van der Waals surface area contributed by atoms with Gasteiger partial charge in [-0.3, -0.25) is 0 Å². The largest absolute Gasteiger partial charge is 0.478 e. The maximum atomic E-state index is 11.2. The quantitative estimate of drug-likeness (QED) is 0.728. The third kappa shape index (κ3) is 3.84. The van der Waals surface area contributed by atoms with Gasteiger partial charge >= 0.3 is 5.97 Å². The molecule has 2 N–H and O–H groups in total. The first-order valence-electron chi connectivity index (χ1n) is 7.36. The standard InChI is InChI=1S/C17H14ClN5O2/c1-11-2-5-13(6-3-11)23-16(20-21-22-23)8-9-19-15-10-12(18)4-7-14(15)17(24)25/h2-10,19H,1H3,(H,24,25)/b9-8+. The van der Waals surface area contributed by atoms with Gasteiger partial charge in [0.15, 0.2) is 5.82 Å². The zero-order valence-corrected chi connectivity index (χ0v) is 14.0. The molecule has 0 spiro atoms. The van der Waals surface area contributed by atoms with Crippen LogP contribution in [0.4, 0.5) is 5.69 Å². The summed E-state index contributed by atoms with van der Waals surface area (Å²) in [6.45, 7) is 2.00. The van der Waals surface area contributed by atoms with Crippen LogP contribution in [0, 0.1) is 6.92 Å². The molecule has 0 atom stereocenters. The molecule has 25 heavy (non-hydrogen) atoms. The molecule has 0 radical (unpaired) electrons. The van der Waals surface area contributed by atoms with Crippen LogP contribution in [0.25, 0.3) is 11.8 Å². The number of tetrazole rings is 1. The summed E-state index contributed by atoms with van der Waals surface area (Å²) in [7, 11) is 0. The highest BCUT2D eigenvalue weighted by molar-refractivity contribution is 6.31. The molecule has 126 valence electrons. The number of rotatable bonds is 5. The molecule has 1 aromatic heterocycles. The number of aromatic nitrogens is 4. The van der Waals surface area contributed by atoms with Crippen LogP contribution >= 0.6 is 11.6 Å². The van der Waals surface area contributed by atoms with Crippen LogP contribution in [0.5, 0.6) is 0 Å². The Balaban J connectivity index is 1.83. The van der Waals surface area contributed by atoms with Crippen LogP contribution in [0.2, 0.25) is 5.02 Å². The summed E-state index contributed by atoms with van der Waals surface area (Å²) in [6, 6.07) is 12.3. The second-order valence-corrected chi connectivity index (χ2v) is 5.69. The maximum Gasteiger partial charge on any atom is 0.337 e. The van der Waals surface area contributed by atoms with Gasteiger partial charge in [0.05, 0.1) is 16.9 Å². The van der Waals surface area contributed by atoms with E-state index in [9.17, 15) is 9.90 Å². The van der Waals surface area contributed by atoms with Gasteiger partial charge in [-0.2, -0.15) is 4.68 Å². The molecule has 2 aromatic carbocycles. The fourth-order valence-corrected chi connectivity index (χ4v) is 2.37. The molecular formula is C17H14ClN5O2. The number of carboxylic acids is 1. The van der Waals surface area contributed by atoms with Gasteiger partial charge in [0.2, 0.25) is 0 Å². The number of hydrogen-bond donors (Lipinski definition) is 2. The van der Waals surface area contributed by atoms with Gasteiger partial charge in [-0.05, 0) is 47.7 Å². The first kappa shape index (κ1) is 16.7. The summed E-state index contributed by atoms with van der Waals surface area (Å²) in [6.07, 6.45) is 3.21. The highest BCUT2D eigenvalue weighted by Crippen LogP contribution is 2.21. The first-order chi connectivity index (χ1) is 12.0. The minimum Gasteiger partial charge on any atom is -0.478 e. The molecular weight excluding hydrogens is 342 g/mol. The van der Waals surface area contributed by atoms with Crippen LogP contribution in [0.15, 0.2) is 48.7 Å². The van der Waals surface area contributed by atoms with E-state index < -0.39 is 5.97 Å². The van der Waals surface area contributed by atoms with E-state index >= 15 is 0 Å². The molecule has 0 aliphatic rings. The van der Waals surface area contributed by atoms with Crippen molar-refractivity contribution in [3.63, 3.8) is 0 Å². The zero-order valence-electron chi connectivity index (χ0n) is 13.2. The smallest absolute Gasteiger partial charge is 0.337 e. The van der Waals surface area contributed by atoms with E-state index in [1.807, 2.05) is 31.2 Å². The predicted molar refractivity (Wildman–Crippen MR) is 95.0 cm³/mol. The fraction of sp³-hybridized carbons (Fsp3) is 0.0588. The van der Waals surface area contributed by atoms with E-state index in [0.29, 0.717) is 16.5 Å². The number of benzene rings is 2. The van der Waals surface area contributed by atoms with Crippen molar-refractivity contribution in [2.24, 2.45) is 0 Å². The minimum absolute atomic E-state index is 0.118. The predicted octanol–water partition coefficient (Wildman–Crippen LogP) is 3.41. The van der Waals surface area contributed by atoms with Crippen molar-refractivity contribution in [2.45, 2.75) is 6.92 Å². The lowest BCUT2D eigenvalue weighted by Gasteiger charge is -2.06. The highest BCUT2D eigenvalue weighted by Gasteiger charge is 2.10.